The Morgan fingerprint density at radius 1 is 1.65 bits per heavy atom. The molecule has 1 heterocycles. The Hall–Kier alpha value is -2.06. The molecule has 0 fully saturated rings. The van der Waals surface area contributed by atoms with Crippen LogP contribution < -0.4 is 11.1 Å². The molecule has 1 aromatic rings. The van der Waals surface area contributed by atoms with E-state index < -0.39 is 0 Å². The van der Waals surface area contributed by atoms with Crippen LogP contribution in [0.5, 0.6) is 0 Å². The average Bonchev–Trinajstić information content (AvgIpc) is 2.35. The zero-order chi connectivity index (χ0) is 12.7. The number of hydrogen-bond acceptors (Lipinski definition) is 3. The van der Waals surface area contributed by atoms with Crippen LogP contribution in [0, 0.1) is 11.8 Å². The lowest BCUT2D eigenvalue weighted by Gasteiger charge is -2.14. The number of rotatable bonds is 2. The Morgan fingerprint density at radius 3 is 3.06 bits per heavy atom. The van der Waals surface area contributed by atoms with E-state index in [9.17, 15) is 4.79 Å². The normalized spacial score (nSPS) is 9.12. The van der Waals surface area contributed by atoms with Crippen molar-refractivity contribution < 1.29 is 4.79 Å². The van der Waals surface area contributed by atoms with Crippen LogP contribution in [0.2, 0.25) is 0 Å². The van der Waals surface area contributed by atoms with Gasteiger partial charge in [-0.25, -0.2) is 9.78 Å². The molecule has 0 aliphatic heterocycles. The molecule has 17 heavy (non-hydrogen) atoms. The van der Waals surface area contributed by atoms with Crippen LogP contribution in [0.3, 0.4) is 0 Å². The molecular weight excluding hydrogens is 216 g/mol. The summed E-state index contributed by atoms with van der Waals surface area (Å²) in [6.07, 6.45) is 1.60. The van der Waals surface area contributed by atoms with Gasteiger partial charge in [0.2, 0.25) is 0 Å². The molecule has 1 rings (SSSR count). The van der Waals surface area contributed by atoms with Crippen LogP contribution in [0.15, 0.2) is 18.3 Å². The van der Waals surface area contributed by atoms with E-state index in [-0.39, 0.29) is 6.03 Å². The lowest BCUT2D eigenvalue weighted by atomic mass is 10.2. The quantitative estimate of drug-likeness (QED) is 0.743. The van der Waals surface area contributed by atoms with Crippen LogP contribution in [-0.2, 0) is 0 Å². The van der Waals surface area contributed by atoms with E-state index in [2.05, 4.69) is 22.1 Å². The predicted molar refractivity (Wildman–Crippen MR) is 67.5 cm³/mol. The van der Waals surface area contributed by atoms with Gasteiger partial charge in [0.25, 0.3) is 0 Å². The summed E-state index contributed by atoms with van der Waals surface area (Å²) in [5.74, 6) is 6.11. The van der Waals surface area contributed by atoms with Gasteiger partial charge in [-0.2, -0.15) is 0 Å². The van der Waals surface area contributed by atoms with Crippen molar-refractivity contribution in [1.29, 1.82) is 0 Å². The van der Waals surface area contributed by atoms with Crippen molar-refractivity contribution in [2.24, 2.45) is 5.73 Å². The molecule has 5 nitrogen and oxygen atoms in total. The number of carbonyl (C=O) groups is 1. The number of nitrogens with zero attached hydrogens (tertiary/aromatic N) is 2. The SMILES string of the molecule is CCN(C)C(=O)Nc1cc(C#CCN)ccn1. The largest absolute Gasteiger partial charge is 0.328 e. The van der Waals surface area contributed by atoms with Crippen molar-refractivity contribution in [3.8, 4) is 11.8 Å². The Labute approximate surface area is 101 Å². The number of nitrogens with two attached hydrogens (primary N) is 1. The Morgan fingerprint density at radius 2 is 2.41 bits per heavy atom. The third-order valence-electron chi connectivity index (χ3n) is 2.15. The molecule has 0 spiro atoms. The maximum absolute atomic E-state index is 11.6. The number of amides is 2. The molecule has 0 atom stereocenters. The summed E-state index contributed by atoms with van der Waals surface area (Å²) in [5, 5.41) is 2.69. The van der Waals surface area contributed by atoms with Gasteiger partial charge in [0.1, 0.15) is 5.82 Å². The summed E-state index contributed by atoms with van der Waals surface area (Å²) in [7, 11) is 1.72. The zero-order valence-electron chi connectivity index (χ0n) is 10.0. The number of anilines is 1. The molecule has 0 aliphatic rings. The first-order valence-corrected chi connectivity index (χ1v) is 5.34. The number of nitrogens with one attached hydrogen (secondary N) is 1. The van der Waals surface area contributed by atoms with E-state index in [4.69, 9.17) is 5.73 Å². The van der Waals surface area contributed by atoms with E-state index in [1.54, 1.807) is 30.3 Å². The van der Waals surface area contributed by atoms with E-state index in [0.717, 1.165) is 5.56 Å². The second-order valence-corrected chi connectivity index (χ2v) is 3.38. The first-order valence-electron chi connectivity index (χ1n) is 5.34. The van der Waals surface area contributed by atoms with Gasteiger partial charge >= 0.3 is 6.03 Å². The minimum absolute atomic E-state index is 0.191. The molecule has 1 aromatic heterocycles. The van der Waals surface area contributed by atoms with Crippen molar-refractivity contribution in [1.82, 2.24) is 9.88 Å². The van der Waals surface area contributed by atoms with Gasteiger partial charge in [0, 0.05) is 25.4 Å². The number of pyridine rings is 1. The zero-order valence-corrected chi connectivity index (χ0v) is 10.0. The van der Waals surface area contributed by atoms with Gasteiger partial charge in [-0.1, -0.05) is 11.8 Å². The molecule has 0 aliphatic carbocycles. The molecule has 0 saturated carbocycles. The highest BCUT2D eigenvalue weighted by atomic mass is 16.2. The first-order chi connectivity index (χ1) is 8.17. The van der Waals surface area contributed by atoms with Crippen molar-refractivity contribution >= 4 is 11.8 Å². The Balaban J connectivity index is 2.75. The topological polar surface area (TPSA) is 71.2 Å². The maximum Gasteiger partial charge on any atom is 0.322 e. The molecular formula is C12H16N4O. The fraction of sp³-hybridized carbons (Fsp3) is 0.333. The minimum Gasteiger partial charge on any atom is -0.328 e. The molecule has 0 radical (unpaired) electrons. The monoisotopic (exact) mass is 232 g/mol. The second-order valence-electron chi connectivity index (χ2n) is 3.38. The van der Waals surface area contributed by atoms with Crippen molar-refractivity contribution in [2.45, 2.75) is 6.92 Å². The smallest absolute Gasteiger partial charge is 0.322 e. The standard InChI is InChI=1S/C12H16N4O/c1-3-16(2)12(17)15-11-9-10(5-4-7-13)6-8-14-11/h6,8-9H,3,7,13H2,1-2H3,(H,14,15,17). The molecule has 0 bridgehead atoms. The van der Waals surface area contributed by atoms with Gasteiger partial charge in [-0.15, -0.1) is 0 Å². The van der Waals surface area contributed by atoms with Gasteiger partial charge in [-0.05, 0) is 19.1 Å². The molecule has 2 amide bonds. The van der Waals surface area contributed by atoms with Crippen LogP contribution in [0.4, 0.5) is 10.6 Å². The van der Waals surface area contributed by atoms with Crippen LogP contribution in [-0.4, -0.2) is 36.1 Å². The molecule has 0 aromatic carbocycles. The Bertz CT molecular complexity index is 447. The number of urea groups is 1. The summed E-state index contributed by atoms with van der Waals surface area (Å²) in [4.78, 5) is 17.2. The highest BCUT2D eigenvalue weighted by Crippen LogP contribution is 2.06. The fourth-order valence-electron chi connectivity index (χ4n) is 1.08. The van der Waals surface area contributed by atoms with Gasteiger partial charge in [0.15, 0.2) is 0 Å². The third kappa shape index (κ3) is 4.13. The van der Waals surface area contributed by atoms with E-state index in [0.29, 0.717) is 18.9 Å². The number of carbonyl (C=O) groups excluding carboxylic acids is 1. The summed E-state index contributed by atoms with van der Waals surface area (Å²) >= 11 is 0. The van der Waals surface area contributed by atoms with Crippen molar-refractivity contribution in [2.75, 3.05) is 25.5 Å². The number of hydrogen-bond donors (Lipinski definition) is 2. The summed E-state index contributed by atoms with van der Waals surface area (Å²) < 4.78 is 0. The van der Waals surface area contributed by atoms with Gasteiger partial charge < -0.3 is 10.6 Å². The summed E-state index contributed by atoms with van der Waals surface area (Å²) in [6.45, 7) is 2.84. The fourth-order valence-corrected chi connectivity index (χ4v) is 1.08. The second kappa shape index (κ2) is 6.51. The average molecular weight is 232 g/mol. The van der Waals surface area contributed by atoms with Crippen LogP contribution in [0.1, 0.15) is 12.5 Å². The van der Waals surface area contributed by atoms with E-state index in [1.165, 1.54) is 0 Å². The highest BCUT2D eigenvalue weighted by molar-refractivity contribution is 5.88. The van der Waals surface area contributed by atoms with Gasteiger partial charge in [-0.3, -0.25) is 5.32 Å². The maximum atomic E-state index is 11.6. The Kier molecular flexibility index (Phi) is 4.98. The van der Waals surface area contributed by atoms with E-state index >= 15 is 0 Å². The molecule has 5 heteroatoms. The number of aromatic nitrogens is 1. The van der Waals surface area contributed by atoms with Crippen molar-refractivity contribution in [3.05, 3.63) is 23.9 Å². The van der Waals surface area contributed by atoms with Crippen LogP contribution >= 0.6 is 0 Å². The van der Waals surface area contributed by atoms with Crippen molar-refractivity contribution in [3.63, 3.8) is 0 Å². The molecule has 0 unspecified atom stereocenters. The third-order valence-corrected chi connectivity index (χ3v) is 2.15. The van der Waals surface area contributed by atoms with E-state index in [1.807, 2.05) is 6.92 Å². The predicted octanol–water partition coefficient (Wildman–Crippen LogP) is 0.875. The lowest BCUT2D eigenvalue weighted by Crippen LogP contribution is -2.31. The molecule has 90 valence electrons. The summed E-state index contributed by atoms with van der Waals surface area (Å²) in [6, 6.07) is 3.29. The minimum atomic E-state index is -0.191. The van der Waals surface area contributed by atoms with Crippen LogP contribution in [0.25, 0.3) is 0 Å². The molecule has 3 N–H and O–H groups in total. The molecule has 0 saturated heterocycles. The first kappa shape index (κ1) is 13.0. The lowest BCUT2D eigenvalue weighted by molar-refractivity contribution is 0.224. The van der Waals surface area contributed by atoms with Gasteiger partial charge in [0.05, 0.1) is 6.54 Å². The highest BCUT2D eigenvalue weighted by Gasteiger charge is 2.06. The summed E-state index contributed by atoms with van der Waals surface area (Å²) in [5.41, 5.74) is 6.06.